The number of hydrogen-bond donors (Lipinski definition) is 1. The molecule has 0 radical (unpaired) electrons. The molecule has 1 saturated carbocycles. The average molecular weight is 523 g/mol. The molecule has 2 aromatic heterocycles. The lowest BCUT2D eigenvalue weighted by molar-refractivity contribution is 0.0550. The van der Waals surface area contributed by atoms with Gasteiger partial charge in [0.15, 0.2) is 0 Å². The second-order valence-electron chi connectivity index (χ2n) is 11.2. The molecule has 37 heavy (non-hydrogen) atoms. The van der Waals surface area contributed by atoms with Crippen LogP contribution in [0.1, 0.15) is 80.3 Å². The quantitative estimate of drug-likeness (QED) is 0.408. The van der Waals surface area contributed by atoms with Crippen LogP contribution in [0.25, 0.3) is 22.2 Å². The number of nitrogens with one attached hydrogen (secondary N) is 1. The third kappa shape index (κ3) is 4.86. The number of carbonyl (C=O) groups excluding carboxylic acids is 1. The van der Waals surface area contributed by atoms with Crippen LogP contribution in [0.15, 0.2) is 29.2 Å². The van der Waals surface area contributed by atoms with Crippen molar-refractivity contribution in [1.82, 2.24) is 19.4 Å². The molecule has 1 amide bonds. The van der Waals surface area contributed by atoms with Gasteiger partial charge in [-0.1, -0.05) is 32.4 Å². The number of fused-ring (bicyclic) bond motifs is 1. The molecule has 5 rings (SSSR count). The van der Waals surface area contributed by atoms with E-state index < -0.39 is 0 Å². The molecule has 3 heterocycles. The summed E-state index contributed by atoms with van der Waals surface area (Å²) in [6.45, 7) is 11.8. The van der Waals surface area contributed by atoms with E-state index in [9.17, 15) is 9.59 Å². The fourth-order valence-corrected chi connectivity index (χ4v) is 6.30. The zero-order valence-corrected chi connectivity index (χ0v) is 23.5. The topological polar surface area (TPSA) is 61.3 Å². The van der Waals surface area contributed by atoms with Crippen LogP contribution in [0.5, 0.6) is 0 Å². The Hall–Kier alpha value is -2.57. The van der Waals surface area contributed by atoms with E-state index in [1.54, 1.807) is 7.05 Å². The molecule has 1 aliphatic carbocycles. The third-order valence-corrected chi connectivity index (χ3v) is 8.61. The molecule has 3 aromatic rings. The molecule has 2 aliphatic rings. The van der Waals surface area contributed by atoms with Gasteiger partial charge in [0, 0.05) is 60.4 Å². The standard InChI is InChI=1S/C30H39ClN4O2/c1-6-13-34-14-11-22(12-15-34)35(21-8-9-21)29(36)20-7-10-25-23(16-20)26(18(2)3)28(32-25)24-17-33(5)30(37)27(31)19(24)4/h7,10,16-18,21-22,32H,6,8-9,11-15H2,1-5H3. The summed E-state index contributed by atoms with van der Waals surface area (Å²) in [6.07, 6.45) is 7.37. The molecule has 2 fully saturated rings. The zero-order chi connectivity index (χ0) is 26.4. The van der Waals surface area contributed by atoms with Crippen molar-refractivity contribution < 1.29 is 4.79 Å². The second-order valence-corrected chi connectivity index (χ2v) is 11.6. The van der Waals surface area contributed by atoms with Crippen molar-refractivity contribution in [3.8, 4) is 11.3 Å². The van der Waals surface area contributed by atoms with Crippen molar-refractivity contribution in [3.05, 3.63) is 56.5 Å². The maximum absolute atomic E-state index is 14.0. The number of carbonyl (C=O) groups is 1. The number of rotatable bonds is 7. The SMILES string of the molecule is CCCN1CCC(N(C(=O)c2ccc3[nH]c(-c4cn(C)c(=O)c(Cl)c4C)c(C(C)C)c3c2)C2CC2)CC1. The van der Waals surface area contributed by atoms with Gasteiger partial charge in [-0.2, -0.15) is 0 Å². The second kappa shape index (κ2) is 10.3. The van der Waals surface area contributed by atoms with E-state index in [0.717, 1.165) is 84.2 Å². The number of nitrogens with zero attached hydrogens (tertiary/aromatic N) is 3. The Bertz CT molecular complexity index is 1380. The van der Waals surface area contributed by atoms with Gasteiger partial charge in [-0.05, 0) is 80.8 Å². The number of pyridine rings is 1. The molecule has 6 nitrogen and oxygen atoms in total. The molecule has 1 N–H and O–H groups in total. The van der Waals surface area contributed by atoms with E-state index in [0.29, 0.717) is 12.1 Å². The van der Waals surface area contributed by atoms with E-state index in [1.807, 2.05) is 25.3 Å². The number of halogens is 1. The van der Waals surface area contributed by atoms with Crippen LogP contribution in [0.3, 0.4) is 0 Å². The van der Waals surface area contributed by atoms with Gasteiger partial charge >= 0.3 is 0 Å². The Morgan fingerprint density at radius 3 is 2.46 bits per heavy atom. The molecule has 1 aliphatic heterocycles. The number of aromatic nitrogens is 2. The predicted octanol–water partition coefficient (Wildman–Crippen LogP) is 6.10. The normalized spacial score (nSPS) is 17.2. The third-order valence-electron chi connectivity index (χ3n) is 8.16. The summed E-state index contributed by atoms with van der Waals surface area (Å²) in [6, 6.07) is 6.79. The minimum Gasteiger partial charge on any atom is -0.354 e. The molecular formula is C30H39ClN4O2. The molecule has 0 unspecified atom stereocenters. The summed E-state index contributed by atoms with van der Waals surface area (Å²) >= 11 is 6.41. The number of hydrogen-bond acceptors (Lipinski definition) is 3. The number of benzene rings is 1. The van der Waals surface area contributed by atoms with Crippen LogP contribution in [0, 0.1) is 6.92 Å². The fraction of sp³-hybridized carbons (Fsp3) is 0.533. The largest absolute Gasteiger partial charge is 0.354 e. The molecule has 1 saturated heterocycles. The summed E-state index contributed by atoms with van der Waals surface area (Å²) in [5, 5.41) is 1.31. The Balaban J connectivity index is 1.52. The first-order valence-corrected chi connectivity index (χ1v) is 14.2. The minimum atomic E-state index is -0.196. The Kier molecular flexibility index (Phi) is 7.25. The van der Waals surface area contributed by atoms with E-state index in [-0.39, 0.29) is 22.4 Å². The number of likely N-dealkylation sites (tertiary alicyclic amines) is 1. The molecule has 0 atom stereocenters. The van der Waals surface area contributed by atoms with Crippen LogP contribution < -0.4 is 5.56 Å². The summed E-state index contributed by atoms with van der Waals surface area (Å²) in [5.41, 5.74) is 5.35. The zero-order valence-electron chi connectivity index (χ0n) is 22.7. The summed E-state index contributed by atoms with van der Waals surface area (Å²) in [7, 11) is 1.73. The van der Waals surface area contributed by atoms with E-state index in [2.05, 4.69) is 41.6 Å². The molecular weight excluding hydrogens is 484 g/mol. The van der Waals surface area contributed by atoms with Gasteiger partial charge in [-0.25, -0.2) is 0 Å². The number of aryl methyl sites for hydroxylation is 1. The van der Waals surface area contributed by atoms with Crippen LogP contribution in [0.2, 0.25) is 5.02 Å². The highest BCUT2D eigenvalue weighted by molar-refractivity contribution is 6.31. The number of piperidine rings is 1. The minimum absolute atomic E-state index is 0.164. The van der Waals surface area contributed by atoms with Crippen molar-refractivity contribution in [3.63, 3.8) is 0 Å². The smallest absolute Gasteiger partial charge is 0.269 e. The molecule has 198 valence electrons. The Morgan fingerprint density at radius 2 is 1.84 bits per heavy atom. The maximum Gasteiger partial charge on any atom is 0.269 e. The lowest BCUT2D eigenvalue weighted by atomic mass is 9.94. The average Bonchev–Trinajstić information content (AvgIpc) is 3.64. The molecule has 0 spiro atoms. The lowest BCUT2D eigenvalue weighted by Crippen LogP contribution is -2.48. The van der Waals surface area contributed by atoms with Crippen molar-refractivity contribution in [2.75, 3.05) is 19.6 Å². The predicted molar refractivity (Wildman–Crippen MR) is 152 cm³/mol. The first-order chi connectivity index (χ1) is 17.7. The first-order valence-electron chi connectivity index (χ1n) is 13.8. The van der Waals surface area contributed by atoms with Gasteiger partial charge in [0.25, 0.3) is 11.5 Å². The molecule has 7 heteroatoms. The van der Waals surface area contributed by atoms with Gasteiger partial charge in [0.05, 0.1) is 5.69 Å². The summed E-state index contributed by atoms with van der Waals surface area (Å²) < 4.78 is 1.54. The highest BCUT2D eigenvalue weighted by atomic mass is 35.5. The van der Waals surface area contributed by atoms with Crippen LogP contribution in [-0.2, 0) is 7.05 Å². The van der Waals surface area contributed by atoms with Gasteiger partial charge in [0.1, 0.15) is 5.02 Å². The van der Waals surface area contributed by atoms with E-state index in [1.165, 1.54) is 11.0 Å². The van der Waals surface area contributed by atoms with Gasteiger partial charge in [0.2, 0.25) is 0 Å². The van der Waals surface area contributed by atoms with Crippen LogP contribution in [-0.4, -0.2) is 57.0 Å². The highest BCUT2D eigenvalue weighted by Gasteiger charge is 2.39. The molecule has 0 bridgehead atoms. The van der Waals surface area contributed by atoms with Crippen molar-refractivity contribution in [2.24, 2.45) is 7.05 Å². The summed E-state index contributed by atoms with van der Waals surface area (Å²) in [5.74, 6) is 0.379. The Morgan fingerprint density at radius 1 is 1.16 bits per heavy atom. The summed E-state index contributed by atoms with van der Waals surface area (Å²) in [4.78, 5) is 34.7. The highest BCUT2D eigenvalue weighted by Crippen LogP contribution is 2.39. The number of amides is 1. The van der Waals surface area contributed by atoms with E-state index >= 15 is 0 Å². The number of aromatic amines is 1. The Labute approximate surface area is 224 Å². The maximum atomic E-state index is 14.0. The van der Waals surface area contributed by atoms with Gasteiger partial charge in [-0.15, -0.1) is 0 Å². The van der Waals surface area contributed by atoms with Crippen LogP contribution >= 0.6 is 11.6 Å². The van der Waals surface area contributed by atoms with Gasteiger partial charge in [-0.3, -0.25) is 9.59 Å². The number of H-pyrrole nitrogens is 1. The van der Waals surface area contributed by atoms with E-state index in [4.69, 9.17) is 11.6 Å². The van der Waals surface area contributed by atoms with Crippen molar-refractivity contribution >= 4 is 28.4 Å². The lowest BCUT2D eigenvalue weighted by Gasteiger charge is -2.39. The monoisotopic (exact) mass is 522 g/mol. The van der Waals surface area contributed by atoms with Crippen molar-refractivity contribution in [1.29, 1.82) is 0 Å². The fourth-order valence-electron chi connectivity index (χ4n) is 6.06. The van der Waals surface area contributed by atoms with Crippen molar-refractivity contribution in [2.45, 2.75) is 77.8 Å². The molecule has 1 aromatic carbocycles. The van der Waals surface area contributed by atoms with Gasteiger partial charge < -0.3 is 19.4 Å². The van der Waals surface area contributed by atoms with Crippen LogP contribution in [0.4, 0.5) is 0 Å². The first kappa shape index (κ1) is 26.1.